The minimum atomic E-state index is 0.402. The van der Waals surface area contributed by atoms with E-state index in [1.165, 1.54) is 0 Å². The molecule has 0 atom stereocenters. The molecule has 0 aromatic carbocycles. The van der Waals surface area contributed by atoms with Crippen molar-refractivity contribution in [2.75, 3.05) is 5.73 Å². The average molecular weight is 209 g/mol. The van der Waals surface area contributed by atoms with Crippen LogP contribution in [0.3, 0.4) is 0 Å². The van der Waals surface area contributed by atoms with E-state index in [0.717, 1.165) is 9.88 Å². The Kier molecular flexibility index (Phi) is 2.25. The summed E-state index contributed by atoms with van der Waals surface area (Å²) in [7, 11) is 0. The van der Waals surface area contributed by atoms with Gasteiger partial charge in [-0.05, 0) is 0 Å². The molecule has 0 bridgehead atoms. The predicted molar refractivity (Wildman–Crippen MR) is 56.1 cm³/mol. The molecule has 0 unspecified atom stereocenters. The molecule has 0 saturated heterocycles. The Morgan fingerprint density at radius 1 is 1.50 bits per heavy atom. The molecule has 0 fully saturated rings. The lowest BCUT2D eigenvalue weighted by molar-refractivity contribution is 0.436. The van der Waals surface area contributed by atoms with Crippen LogP contribution in [0.15, 0.2) is 16.8 Å². The number of hydrogen-bond acceptors (Lipinski definition) is 5. The van der Waals surface area contributed by atoms with Gasteiger partial charge in [-0.25, -0.2) is 4.98 Å². The quantitative estimate of drug-likeness (QED) is 0.825. The van der Waals surface area contributed by atoms with Gasteiger partial charge in [0.05, 0.1) is 9.88 Å². The second-order valence-corrected chi connectivity index (χ2v) is 4.40. The first kappa shape index (κ1) is 9.21. The van der Waals surface area contributed by atoms with E-state index < -0.39 is 0 Å². The van der Waals surface area contributed by atoms with Gasteiger partial charge < -0.3 is 10.3 Å². The topological polar surface area (TPSA) is 64.9 Å². The summed E-state index contributed by atoms with van der Waals surface area (Å²) in [5.74, 6) is 1.53. The molecule has 2 rings (SSSR count). The van der Waals surface area contributed by atoms with Crippen molar-refractivity contribution in [1.82, 2.24) is 10.1 Å². The normalized spacial score (nSPS) is 11.1. The maximum Gasteiger partial charge on any atom is 0.180 e. The van der Waals surface area contributed by atoms with Crippen LogP contribution in [0.2, 0.25) is 0 Å². The molecule has 4 nitrogen and oxygen atoms in total. The van der Waals surface area contributed by atoms with Crippen LogP contribution in [-0.4, -0.2) is 10.1 Å². The van der Waals surface area contributed by atoms with Gasteiger partial charge in [-0.1, -0.05) is 19.0 Å². The minimum absolute atomic E-state index is 0.402. The monoisotopic (exact) mass is 209 g/mol. The third-order valence-electron chi connectivity index (χ3n) is 1.79. The number of nitrogen functional groups attached to an aromatic ring is 1. The molecule has 2 heterocycles. The zero-order chi connectivity index (χ0) is 10.1. The second kappa shape index (κ2) is 3.42. The lowest BCUT2D eigenvalue weighted by atomic mass is 10.2. The fourth-order valence-corrected chi connectivity index (χ4v) is 1.94. The van der Waals surface area contributed by atoms with Crippen LogP contribution < -0.4 is 5.73 Å². The van der Waals surface area contributed by atoms with Crippen LogP contribution in [0.4, 0.5) is 5.82 Å². The van der Waals surface area contributed by atoms with E-state index in [0.29, 0.717) is 17.5 Å². The van der Waals surface area contributed by atoms with Crippen molar-refractivity contribution in [2.45, 2.75) is 19.8 Å². The molecule has 0 aliphatic heterocycles. The lowest BCUT2D eigenvalue weighted by Gasteiger charge is -1.94. The van der Waals surface area contributed by atoms with Crippen LogP contribution in [0, 0.1) is 0 Å². The Hall–Kier alpha value is -1.36. The van der Waals surface area contributed by atoms with Gasteiger partial charge in [0.1, 0.15) is 0 Å². The van der Waals surface area contributed by atoms with Gasteiger partial charge in [-0.2, -0.15) is 0 Å². The largest absolute Gasteiger partial charge is 0.381 e. The van der Waals surface area contributed by atoms with Gasteiger partial charge in [0.2, 0.25) is 0 Å². The summed E-state index contributed by atoms with van der Waals surface area (Å²) in [5.41, 5.74) is 5.46. The van der Waals surface area contributed by atoms with Crippen molar-refractivity contribution in [1.29, 1.82) is 0 Å². The summed E-state index contributed by atoms with van der Waals surface area (Å²) in [5, 5.41) is 4.72. The Bertz CT molecular complexity index is 433. The van der Waals surface area contributed by atoms with Crippen LogP contribution in [-0.2, 0) is 0 Å². The molecular formula is C9H11N3OS. The molecule has 2 aromatic heterocycles. The van der Waals surface area contributed by atoms with Crippen LogP contribution in [0.5, 0.6) is 0 Å². The molecule has 14 heavy (non-hydrogen) atoms. The summed E-state index contributed by atoms with van der Waals surface area (Å²) >= 11 is 1.61. The molecule has 0 aliphatic carbocycles. The maximum absolute atomic E-state index is 5.46. The molecule has 0 saturated carbocycles. The highest BCUT2D eigenvalue weighted by Gasteiger charge is 2.10. The first-order chi connectivity index (χ1) is 6.66. The van der Waals surface area contributed by atoms with Gasteiger partial charge in [0.15, 0.2) is 11.6 Å². The summed E-state index contributed by atoms with van der Waals surface area (Å²) in [4.78, 5) is 5.26. The molecule has 74 valence electrons. The van der Waals surface area contributed by atoms with Crippen LogP contribution in [0.1, 0.15) is 24.8 Å². The van der Waals surface area contributed by atoms with Crippen LogP contribution in [0.25, 0.3) is 10.6 Å². The Morgan fingerprint density at radius 2 is 2.29 bits per heavy atom. The molecule has 0 amide bonds. The lowest BCUT2D eigenvalue weighted by Crippen LogP contribution is -1.81. The highest BCUT2D eigenvalue weighted by molar-refractivity contribution is 7.15. The van der Waals surface area contributed by atoms with Crippen molar-refractivity contribution in [3.8, 4) is 10.6 Å². The van der Waals surface area contributed by atoms with E-state index in [-0.39, 0.29) is 0 Å². The molecular weight excluding hydrogens is 198 g/mol. The summed E-state index contributed by atoms with van der Waals surface area (Å²) in [6.07, 6.45) is 1.79. The van der Waals surface area contributed by atoms with E-state index in [1.807, 2.05) is 0 Å². The van der Waals surface area contributed by atoms with E-state index in [4.69, 9.17) is 10.3 Å². The number of rotatable bonds is 2. The Labute approximate surface area is 85.7 Å². The highest BCUT2D eigenvalue weighted by atomic mass is 32.1. The summed E-state index contributed by atoms with van der Waals surface area (Å²) in [6.45, 7) is 4.22. The van der Waals surface area contributed by atoms with Crippen molar-refractivity contribution >= 4 is 17.2 Å². The number of nitrogens with zero attached hydrogens (tertiary/aromatic N) is 2. The molecule has 2 N–H and O–H groups in total. The van der Waals surface area contributed by atoms with Crippen molar-refractivity contribution in [3.05, 3.63) is 17.3 Å². The molecule has 2 aromatic rings. The number of hydrogen-bond donors (Lipinski definition) is 1. The van der Waals surface area contributed by atoms with Gasteiger partial charge >= 0.3 is 0 Å². The highest BCUT2D eigenvalue weighted by Crippen LogP contribution is 2.30. The molecule has 5 heteroatoms. The van der Waals surface area contributed by atoms with Gasteiger partial charge in [-0.15, -0.1) is 11.3 Å². The first-order valence-corrected chi connectivity index (χ1v) is 5.16. The first-order valence-electron chi connectivity index (χ1n) is 4.35. The fourth-order valence-electron chi connectivity index (χ4n) is 1.07. The van der Waals surface area contributed by atoms with Crippen molar-refractivity contribution in [2.24, 2.45) is 0 Å². The smallest absolute Gasteiger partial charge is 0.180 e. The molecule has 0 aliphatic rings. The third-order valence-corrected chi connectivity index (χ3v) is 3.10. The number of thiazole rings is 1. The zero-order valence-corrected chi connectivity index (χ0v) is 8.84. The molecule has 0 radical (unpaired) electrons. The number of aromatic nitrogens is 2. The van der Waals surface area contributed by atoms with Gasteiger partial charge in [0.25, 0.3) is 0 Å². The van der Waals surface area contributed by atoms with Gasteiger partial charge in [0, 0.05) is 18.2 Å². The zero-order valence-electron chi connectivity index (χ0n) is 8.02. The summed E-state index contributed by atoms with van der Waals surface area (Å²) in [6, 6.07) is 1.71. The fraction of sp³-hybridized carbons (Fsp3) is 0.333. The van der Waals surface area contributed by atoms with Crippen molar-refractivity contribution < 1.29 is 4.52 Å². The van der Waals surface area contributed by atoms with Crippen molar-refractivity contribution in [3.63, 3.8) is 0 Å². The van der Waals surface area contributed by atoms with E-state index in [2.05, 4.69) is 24.0 Å². The SMILES string of the molecule is CC(C)c1ncc(-c2cc(N)no2)s1. The third kappa shape index (κ3) is 1.63. The number of nitrogens with two attached hydrogens (primary N) is 1. The van der Waals surface area contributed by atoms with E-state index in [1.54, 1.807) is 23.6 Å². The Morgan fingerprint density at radius 3 is 2.79 bits per heavy atom. The Balaban J connectivity index is 2.33. The predicted octanol–water partition coefficient (Wildman–Crippen LogP) is 2.50. The van der Waals surface area contributed by atoms with E-state index >= 15 is 0 Å². The van der Waals surface area contributed by atoms with E-state index in [9.17, 15) is 0 Å². The standard InChI is InChI=1S/C9H11N3OS/c1-5(2)9-11-4-7(14-9)6-3-8(10)12-13-6/h3-5H,1-2H3,(H2,10,12). The minimum Gasteiger partial charge on any atom is -0.381 e. The number of anilines is 1. The molecule has 0 spiro atoms. The average Bonchev–Trinajstić information content (AvgIpc) is 2.70. The van der Waals surface area contributed by atoms with Crippen LogP contribution >= 0.6 is 11.3 Å². The van der Waals surface area contributed by atoms with Gasteiger partial charge in [-0.3, -0.25) is 0 Å². The summed E-state index contributed by atoms with van der Waals surface area (Å²) < 4.78 is 5.04. The maximum atomic E-state index is 5.46. The second-order valence-electron chi connectivity index (χ2n) is 3.33.